The summed E-state index contributed by atoms with van der Waals surface area (Å²) >= 11 is 1.26. The highest BCUT2D eigenvalue weighted by molar-refractivity contribution is 7.22. The number of aliphatic hydroxyl groups is 1. The second kappa shape index (κ2) is 11.6. The molecule has 0 aliphatic carbocycles. The molecule has 0 spiro atoms. The minimum absolute atomic E-state index is 0.0623. The van der Waals surface area contributed by atoms with Gasteiger partial charge in [0, 0.05) is 18.0 Å². The third-order valence-electron chi connectivity index (χ3n) is 6.20. The molecule has 1 fully saturated rings. The van der Waals surface area contributed by atoms with E-state index in [9.17, 15) is 14.7 Å². The lowest BCUT2D eigenvalue weighted by molar-refractivity contribution is -0.132. The topological polar surface area (TPSA) is 111 Å². The second-order valence-electron chi connectivity index (χ2n) is 8.70. The van der Waals surface area contributed by atoms with E-state index in [0.717, 1.165) is 4.70 Å². The van der Waals surface area contributed by atoms with Gasteiger partial charge in [0.1, 0.15) is 18.1 Å². The van der Waals surface area contributed by atoms with Gasteiger partial charge in [-0.15, -0.1) is 0 Å². The molecule has 4 aromatic rings. The average molecular weight is 558 g/mol. The van der Waals surface area contributed by atoms with E-state index >= 15 is 0 Å². The van der Waals surface area contributed by atoms with Gasteiger partial charge in [-0.25, -0.2) is 4.98 Å². The molecule has 5 rings (SSSR count). The van der Waals surface area contributed by atoms with Crippen molar-refractivity contribution in [1.29, 1.82) is 0 Å². The number of fused-ring (bicyclic) bond motifs is 1. The van der Waals surface area contributed by atoms with Crippen molar-refractivity contribution < 1.29 is 28.9 Å². The first-order chi connectivity index (χ1) is 19.5. The van der Waals surface area contributed by atoms with Crippen LogP contribution in [-0.2, 0) is 9.59 Å². The van der Waals surface area contributed by atoms with Crippen LogP contribution in [0.2, 0.25) is 0 Å². The van der Waals surface area contributed by atoms with E-state index in [1.807, 2.05) is 26.0 Å². The maximum absolute atomic E-state index is 13.6. The van der Waals surface area contributed by atoms with Crippen LogP contribution in [0.4, 0.5) is 5.13 Å². The molecule has 40 heavy (non-hydrogen) atoms. The zero-order valence-electron chi connectivity index (χ0n) is 22.0. The summed E-state index contributed by atoms with van der Waals surface area (Å²) in [6.45, 7) is 8.58. The number of rotatable bonds is 10. The lowest BCUT2D eigenvalue weighted by atomic mass is 9.95. The largest absolute Gasteiger partial charge is 0.507 e. The standard InChI is InChI=1S/C30H27N3O6S/c1-4-15-39-22-10-7-19(16-23(22)38-6-3)26-25(27(34)18-11-13-31-14-12-18)28(35)29(36)33(26)30-32-21-9-8-20(37-5-2)17-24(21)40-30/h4,7-14,16-17,26,34H,1,5-6,15H2,2-3H3. The number of amides is 1. The third kappa shape index (κ3) is 5.01. The van der Waals surface area contributed by atoms with E-state index in [0.29, 0.717) is 52.2 Å². The Labute approximate surface area is 235 Å². The molecular weight excluding hydrogens is 530 g/mol. The van der Waals surface area contributed by atoms with E-state index in [4.69, 9.17) is 14.2 Å². The molecule has 1 atom stereocenters. The predicted molar refractivity (Wildman–Crippen MR) is 153 cm³/mol. The molecule has 1 N–H and O–H groups in total. The zero-order chi connectivity index (χ0) is 28.2. The van der Waals surface area contributed by atoms with Gasteiger partial charge in [-0.05, 0) is 61.9 Å². The average Bonchev–Trinajstić information content (AvgIpc) is 3.50. The number of aliphatic hydroxyl groups excluding tert-OH is 1. The first kappa shape index (κ1) is 26.9. The van der Waals surface area contributed by atoms with Crippen molar-refractivity contribution in [2.75, 3.05) is 24.7 Å². The molecule has 2 aromatic heterocycles. The van der Waals surface area contributed by atoms with E-state index in [-0.39, 0.29) is 17.9 Å². The van der Waals surface area contributed by atoms with E-state index in [1.54, 1.807) is 42.5 Å². The summed E-state index contributed by atoms with van der Waals surface area (Å²) in [6.07, 6.45) is 4.63. The van der Waals surface area contributed by atoms with Crippen molar-refractivity contribution in [3.05, 3.63) is 90.3 Å². The van der Waals surface area contributed by atoms with Crippen molar-refractivity contribution in [3.8, 4) is 17.2 Å². The van der Waals surface area contributed by atoms with Crippen molar-refractivity contribution in [3.63, 3.8) is 0 Å². The number of ketones is 1. The van der Waals surface area contributed by atoms with Gasteiger partial charge >= 0.3 is 5.91 Å². The number of benzene rings is 2. The van der Waals surface area contributed by atoms with Crippen LogP contribution in [-0.4, -0.2) is 46.6 Å². The first-order valence-electron chi connectivity index (χ1n) is 12.7. The number of hydrogen-bond donors (Lipinski definition) is 1. The summed E-state index contributed by atoms with van der Waals surface area (Å²) in [4.78, 5) is 37.1. The fraction of sp³-hybridized carbons (Fsp3) is 0.200. The number of pyridine rings is 1. The Morgan fingerprint density at radius 3 is 2.52 bits per heavy atom. The van der Waals surface area contributed by atoms with Crippen LogP contribution in [0.3, 0.4) is 0 Å². The fourth-order valence-electron chi connectivity index (χ4n) is 4.49. The minimum Gasteiger partial charge on any atom is -0.507 e. The van der Waals surface area contributed by atoms with Crippen LogP contribution >= 0.6 is 11.3 Å². The quantitative estimate of drug-likeness (QED) is 0.115. The second-order valence-corrected chi connectivity index (χ2v) is 9.71. The highest BCUT2D eigenvalue weighted by Crippen LogP contribution is 2.46. The van der Waals surface area contributed by atoms with Crippen LogP contribution in [0.5, 0.6) is 17.2 Å². The predicted octanol–water partition coefficient (Wildman–Crippen LogP) is 5.68. The zero-order valence-corrected chi connectivity index (χ0v) is 22.8. The van der Waals surface area contributed by atoms with Crippen molar-refractivity contribution in [1.82, 2.24) is 9.97 Å². The Balaban J connectivity index is 1.70. The van der Waals surface area contributed by atoms with Gasteiger partial charge in [-0.1, -0.05) is 30.1 Å². The third-order valence-corrected chi connectivity index (χ3v) is 7.22. The number of hydrogen-bond acceptors (Lipinski definition) is 9. The number of nitrogens with zero attached hydrogens (tertiary/aromatic N) is 3. The number of thiazole rings is 1. The van der Waals surface area contributed by atoms with Gasteiger partial charge < -0.3 is 19.3 Å². The summed E-state index contributed by atoms with van der Waals surface area (Å²) in [6, 6.07) is 12.8. The van der Waals surface area contributed by atoms with Crippen LogP contribution in [0.1, 0.15) is 31.0 Å². The molecule has 0 bridgehead atoms. The summed E-state index contributed by atoms with van der Waals surface area (Å²) in [5, 5.41) is 11.6. The number of Topliss-reactive ketones (excluding diaryl/α,β-unsaturated/α-hetero) is 1. The van der Waals surface area contributed by atoms with Gasteiger partial charge in [-0.2, -0.15) is 0 Å². The number of carbonyl (C=O) groups is 2. The molecule has 1 aliphatic heterocycles. The molecule has 10 heteroatoms. The summed E-state index contributed by atoms with van der Waals surface area (Å²) in [5.74, 6) is -0.328. The Morgan fingerprint density at radius 1 is 1.02 bits per heavy atom. The number of carbonyl (C=O) groups excluding carboxylic acids is 2. The van der Waals surface area contributed by atoms with E-state index in [2.05, 4.69) is 16.5 Å². The van der Waals surface area contributed by atoms with Crippen molar-refractivity contribution >= 4 is 44.1 Å². The molecule has 1 unspecified atom stereocenters. The molecule has 2 aromatic carbocycles. The van der Waals surface area contributed by atoms with Crippen LogP contribution < -0.4 is 19.1 Å². The summed E-state index contributed by atoms with van der Waals surface area (Å²) in [7, 11) is 0. The van der Waals surface area contributed by atoms with Crippen LogP contribution in [0.25, 0.3) is 16.0 Å². The summed E-state index contributed by atoms with van der Waals surface area (Å²) in [5.41, 5.74) is 1.49. The fourth-order valence-corrected chi connectivity index (χ4v) is 5.51. The van der Waals surface area contributed by atoms with E-state index in [1.165, 1.54) is 28.6 Å². The van der Waals surface area contributed by atoms with E-state index < -0.39 is 17.7 Å². The molecule has 3 heterocycles. The lowest BCUT2D eigenvalue weighted by Gasteiger charge is -2.24. The minimum atomic E-state index is -0.979. The van der Waals surface area contributed by atoms with Gasteiger partial charge in [0.2, 0.25) is 0 Å². The smallest absolute Gasteiger partial charge is 0.301 e. The monoisotopic (exact) mass is 557 g/mol. The molecule has 0 saturated carbocycles. The van der Waals surface area contributed by atoms with Crippen molar-refractivity contribution in [2.24, 2.45) is 0 Å². The molecular formula is C30H27N3O6S. The molecule has 1 saturated heterocycles. The highest BCUT2D eigenvalue weighted by atomic mass is 32.1. The normalized spacial score (nSPS) is 16.4. The molecule has 1 aliphatic rings. The molecule has 0 radical (unpaired) electrons. The van der Waals surface area contributed by atoms with Crippen LogP contribution in [0.15, 0.2) is 79.2 Å². The van der Waals surface area contributed by atoms with Crippen molar-refractivity contribution in [2.45, 2.75) is 19.9 Å². The molecule has 1 amide bonds. The van der Waals surface area contributed by atoms with Gasteiger partial charge in [0.05, 0.1) is 35.0 Å². The number of ether oxygens (including phenoxy) is 3. The first-order valence-corrected chi connectivity index (χ1v) is 13.5. The van der Waals surface area contributed by atoms with Crippen LogP contribution in [0, 0.1) is 0 Å². The molecule has 204 valence electrons. The van der Waals surface area contributed by atoms with Gasteiger partial charge in [0.15, 0.2) is 16.6 Å². The molecule has 9 nitrogen and oxygen atoms in total. The Hall–Kier alpha value is -4.70. The van der Waals surface area contributed by atoms with Gasteiger partial charge in [0.25, 0.3) is 5.78 Å². The maximum Gasteiger partial charge on any atom is 0.301 e. The Bertz CT molecular complexity index is 1610. The Morgan fingerprint density at radius 2 is 1.80 bits per heavy atom. The maximum atomic E-state index is 13.6. The number of anilines is 1. The van der Waals surface area contributed by atoms with Gasteiger partial charge in [-0.3, -0.25) is 19.5 Å². The highest BCUT2D eigenvalue weighted by Gasteiger charge is 2.48. The Kier molecular flexibility index (Phi) is 7.79. The SMILES string of the molecule is C=CCOc1ccc(C2C(=C(O)c3ccncc3)C(=O)C(=O)N2c2nc3ccc(OCC)cc3s2)cc1OCC. The summed E-state index contributed by atoms with van der Waals surface area (Å²) < 4.78 is 18.0. The number of aromatic nitrogens is 2. The lowest BCUT2D eigenvalue weighted by Crippen LogP contribution is -2.29.